The second-order valence-electron chi connectivity index (χ2n) is 14.2. The van der Waals surface area contributed by atoms with Gasteiger partial charge in [0.25, 0.3) is 0 Å². The molecule has 1 aliphatic rings. The first-order valence-corrected chi connectivity index (χ1v) is 19.1. The van der Waals surface area contributed by atoms with Crippen LogP contribution in [0.15, 0.2) is 188 Å². The summed E-state index contributed by atoms with van der Waals surface area (Å²) in [4.78, 5) is 9.03. The molecule has 0 saturated carbocycles. The number of para-hydroxylation sites is 2. The van der Waals surface area contributed by atoms with Gasteiger partial charge in [0.15, 0.2) is 0 Å². The van der Waals surface area contributed by atoms with E-state index in [0.29, 0.717) is 17.3 Å². The molecule has 7 heteroatoms. The van der Waals surface area contributed by atoms with Gasteiger partial charge in [-0.25, -0.2) is 9.37 Å². The van der Waals surface area contributed by atoms with Crippen LogP contribution in [0.1, 0.15) is 0 Å². The van der Waals surface area contributed by atoms with Crippen molar-refractivity contribution in [3.63, 3.8) is 0 Å². The van der Waals surface area contributed by atoms with Gasteiger partial charge in [-0.1, -0.05) is 133 Å². The molecule has 0 amide bonds. The largest absolute Gasteiger partial charge is 0.509 e. The van der Waals surface area contributed by atoms with Crippen LogP contribution in [0.3, 0.4) is 0 Å². The summed E-state index contributed by atoms with van der Waals surface area (Å²) in [6, 6.07) is 68.3. The third-order valence-corrected chi connectivity index (χ3v) is 10.8. The first-order valence-electron chi connectivity index (χ1n) is 19.1. The van der Waals surface area contributed by atoms with E-state index in [9.17, 15) is 4.39 Å². The van der Waals surface area contributed by atoms with E-state index in [2.05, 4.69) is 155 Å². The minimum Gasteiger partial charge on any atom is -0.509 e. The summed E-state index contributed by atoms with van der Waals surface area (Å²) in [6.45, 7) is 2.17. The number of anilines is 4. The number of hydrogen-bond donors (Lipinski definition) is 0. The Balaban J connectivity index is 0.00000420. The van der Waals surface area contributed by atoms with Gasteiger partial charge in [-0.2, -0.15) is 12.1 Å². The predicted octanol–water partition coefficient (Wildman–Crippen LogP) is 13.6. The van der Waals surface area contributed by atoms with Gasteiger partial charge in [-0.05, 0) is 40.1 Å². The van der Waals surface area contributed by atoms with Crippen LogP contribution in [-0.4, -0.2) is 9.55 Å². The normalized spacial score (nSPS) is 12.2. The number of fused-ring (bicyclic) bond motifs is 6. The van der Waals surface area contributed by atoms with Gasteiger partial charge >= 0.3 is 0 Å². The van der Waals surface area contributed by atoms with Gasteiger partial charge in [0, 0.05) is 83.3 Å². The first-order chi connectivity index (χ1) is 28.7. The van der Waals surface area contributed by atoms with Gasteiger partial charge in [0.2, 0.25) is 0 Å². The molecule has 10 aromatic rings. The number of ether oxygens (including phenoxy) is 1. The number of halogens is 1. The fourth-order valence-corrected chi connectivity index (χ4v) is 8.23. The van der Waals surface area contributed by atoms with Crippen molar-refractivity contribution < 1.29 is 29.6 Å². The van der Waals surface area contributed by atoms with Crippen molar-refractivity contribution in [3.05, 3.63) is 213 Å². The van der Waals surface area contributed by atoms with Gasteiger partial charge in [0.1, 0.15) is 11.6 Å². The van der Waals surface area contributed by atoms with Gasteiger partial charge in [-0.15, -0.1) is 48.1 Å². The van der Waals surface area contributed by atoms with Crippen molar-refractivity contribution in [1.82, 2.24) is 9.55 Å². The molecular weight excluding hydrogens is 822 g/mol. The fraction of sp³-hybridized carbons (Fsp3) is 0. The zero-order valence-corrected chi connectivity index (χ0v) is 32.9. The number of aromatic nitrogens is 2. The zero-order valence-electron chi connectivity index (χ0n) is 31.4. The van der Waals surface area contributed by atoms with E-state index in [0.717, 1.165) is 77.6 Å². The van der Waals surface area contributed by atoms with Gasteiger partial charge in [-0.3, -0.25) is 0 Å². The molecule has 2 aromatic heterocycles. The quantitative estimate of drug-likeness (QED) is 0.118. The first kappa shape index (κ1) is 36.3. The molecule has 1 aliphatic heterocycles. The molecule has 8 aromatic carbocycles. The molecule has 0 atom stereocenters. The van der Waals surface area contributed by atoms with Crippen LogP contribution in [0.2, 0.25) is 0 Å². The Bertz CT molecular complexity index is 3110. The van der Waals surface area contributed by atoms with E-state index in [1.807, 2.05) is 53.1 Å². The van der Waals surface area contributed by atoms with E-state index >= 15 is 0 Å². The van der Waals surface area contributed by atoms with Crippen molar-refractivity contribution in [2.75, 3.05) is 9.80 Å². The summed E-state index contributed by atoms with van der Waals surface area (Å²) in [7, 11) is 0. The van der Waals surface area contributed by atoms with E-state index in [-0.39, 0.29) is 26.2 Å². The minimum absolute atomic E-state index is 0. The van der Waals surface area contributed by atoms with Crippen molar-refractivity contribution in [1.29, 1.82) is 0 Å². The van der Waals surface area contributed by atoms with E-state index in [4.69, 9.17) is 4.74 Å². The van der Waals surface area contributed by atoms with E-state index in [1.54, 1.807) is 0 Å². The Labute approximate surface area is 354 Å². The zero-order chi connectivity index (χ0) is 38.6. The van der Waals surface area contributed by atoms with Crippen LogP contribution in [0.5, 0.6) is 11.5 Å². The number of nitrogens with zero attached hydrogens (tertiary/aromatic N) is 4. The molecular formula is C52H32FN4OPd-3. The summed E-state index contributed by atoms with van der Waals surface area (Å²) in [5, 5.41) is 4.27. The van der Waals surface area contributed by atoms with Crippen LogP contribution in [0.4, 0.5) is 27.1 Å². The van der Waals surface area contributed by atoms with Crippen LogP contribution in [-0.2, 0) is 20.4 Å². The average molecular weight is 854 g/mol. The summed E-state index contributed by atoms with van der Waals surface area (Å²) >= 11 is 0. The third kappa shape index (κ3) is 6.33. The topological polar surface area (TPSA) is 33.5 Å². The Kier molecular flexibility index (Phi) is 9.26. The molecule has 0 saturated heterocycles. The summed E-state index contributed by atoms with van der Waals surface area (Å²) in [5.41, 5.74) is 10.1. The van der Waals surface area contributed by atoms with E-state index < -0.39 is 0 Å². The third-order valence-electron chi connectivity index (χ3n) is 10.8. The minimum atomic E-state index is -0.360. The van der Waals surface area contributed by atoms with Gasteiger partial charge < -0.3 is 19.1 Å². The number of benzene rings is 8. The number of rotatable bonds is 7. The van der Waals surface area contributed by atoms with Crippen LogP contribution >= 0.6 is 0 Å². The molecule has 3 heterocycles. The molecule has 0 aliphatic carbocycles. The molecule has 0 radical (unpaired) electrons. The molecule has 0 unspecified atom stereocenters. The molecule has 0 fully saturated rings. The Morgan fingerprint density at radius 2 is 1.22 bits per heavy atom. The second-order valence-corrected chi connectivity index (χ2v) is 14.2. The van der Waals surface area contributed by atoms with Crippen molar-refractivity contribution in [2.45, 2.75) is 0 Å². The number of hydrogen-bond acceptors (Lipinski definition) is 4. The molecule has 0 spiro atoms. The maximum absolute atomic E-state index is 14.5. The Hall–Kier alpha value is -7.04. The average Bonchev–Trinajstić information content (AvgIpc) is 3.83. The standard InChI is InChI=1S/C52H32FN4O.Pd/c53-38-29-30-54-50(31-38)57-47-24-10-9-21-45(47)46-27-26-41(33-49(46)57)58-40-19-11-18-39(32-40)55-34-56(52-44-20-8-7-17-37(44)25-28-48(52)55)51-42(35-13-3-1-4-14-35)22-12-23-43(51)36-15-5-2-6-16-36;/h1-31,34H;/q-3;. The molecule has 59 heavy (non-hydrogen) atoms. The smallest absolute Gasteiger partial charge is 0.138 e. The van der Waals surface area contributed by atoms with Crippen molar-refractivity contribution >= 4 is 55.3 Å². The molecule has 5 nitrogen and oxygen atoms in total. The summed E-state index contributed by atoms with van der Waals surface area (Å²) < 4.78 is 22.9. The van der Waals surface area contributed by atoms with Gasteiger partial charge in [0.05, 0.1) is 0 Å². The monoisotopic (exact) mass is 853 g/mol. The molecule has 286 valence electrons. The predicted molar refractivity (Wildman–Crippen MR) is 233 cm³/mol. The SMILES string of the molecule is Fc1ccnc(-n2c3[c-]c(Oc4[c-]c(N5[CH-]N(c6c(-c7ccccc7)cccc6-c6ccccc6)c6c5ccc5ccccc65)ccc4)ccc3c3ccccc32)c1.[Pd]. The van der Waals surface area contributed by atoms with Crippen molar-refractivity contribution in [3.8, 4) is 39.6 Å². The number of pyridine rings is 1. The molecule has 0 N–H and O–H groups in total. The summed E-state index contributed by atoms with van der Waals surface area (Å²) in [5.74, 6) is 1.15. The van der Waals surface area contributed by atoms with Crippen molar-refractivity contribution in [2.24, 2.45) is 0 Å². The summed E-state index contributed by atoms with van der Waals surface area (Å²) in [6.07, 6.45) is 1.48. The van der Waals surface area contributed by atoms with Crippen LogP contribution in [0.25, 0.3) is 60.6 Å². The second kappa shape index (κ2) is 15.0. The molecule has 0 bridgehead atoms. The van der Waals surface area contributed by atoms with Crippen LogP contribution < -0.4 is 14.5 Å². The van der Waals surface area contributed by atoms with Crippen LogP contribution in [0, 0.1) is 24.6 Å². The van der Waals surface area contributed by atoms with E-state index in [1.165, 1.54) is 18.3 Å². The maximum Gasteiger partial charge on any atom is 0.138 e. The fourth-order valence-electron chi connectivity index (χ4n) is 8.23. The molecule has 11 rings (SSSR count). The maximum atomic E-state index is 14.5. The Morgan fingerprint density at radius 1 is 0.542 bits per heavy atom. The Morgan fingerprint density at radius 3 is 1.98 bits per heavy atom.